The van der Waals surface area contributed by atoms with E-state index in [1.54, 1.807) is 10.2 Å². The molecular formula is C23H23N5OS. The SMILES string of the molecule is CN(c1cscn1)[C@@H](Cc1ccccc1)C(=O)Nc1cccc(-c2cnn(C)c2)c1. The third-order valence-electron chi connectivity index (χ3n) is 4.99. The Labute approximate surface area is 179 Å². The number of carbonyl (C=O) groups is 1. The first-order valence-electron chi connectivity index (χ1n) is 9.65. The molecule has 0 radical (unpaired) electrons. The predicted molar refractivity (Wildman–Crippen MR) is 122 cm³/mol. The van der Waals surface area contributed by atoms with Crippen molar-refractivity contribution in [2.75, 3.05) is 17.3 Å². The summed E-state index contributed by atoms with van der Waals surface area (Å²) in [6.45, 7) is 0. The van der Waals surface area contributed by atoms with E-state index < -0.39 is 6.04 Å². The molecule has 0 aliphatic carbocycles. The molecule has 4 rings (SSSR count). The van der Waals surface area contributed by atoms with Crippen LogP contribution in [0.25, 0.3) is 11.1 Å². The summed E-state index contributed by atoms with van der Waals surface area (Å²) in [7, 11) is 3.80. The Morgan fingerprint density at radius 2 is 2.00 bits per heavy atom. The van der Waals surface area contributed by atoms with E-state index in [9.17, 15) is 4.79 Å². The van der Waals surface area contributed by atoms with Crippen molar-refractivity contribution < 1.29 is 4.79 Å². The number of rotatable bonds is 7. The second kappa shape index (κ2) is 8.92. The van der Waals surface area contributed by atoms with Gasteiger partial charge in [0.15, 0.2) is 0 Å². The third kappa shape index (κ3) is 4.58. The maximum Gasteiger partial charge on any atom is 0.247 e. The zero-order valence-corrected chi connectivity index (χ0v) is 17.7. The second-order valence-corrected chi connectivity index (χ2v) is 7.85. The van der Waals surface area contributed by atoms with Gasteiger partial charge in [0.25, 0.3) is 0 Å². The lowest BCUT2D eigenvalue weighted by Crippen LogP contribution is -2.43. The molecule has 0 aliphatic heterocycles. The molecule has 6 nitrogen and oxygen atoms in total. The number of aryl methyl sites for hydroxylation is 1. The summed E-state index contributed by atoms with van der Waals surface area (Å²) in [5, 5.41) is 9.27. The van der Waals surface area contributed by atoms with Crippen LogP contribution in [0, 0.1) is 0 Å². The van der Waals surface area contributed by atoms with Crippen molar-refractivity contribution in [1.82, 2.24) is 14.8 Å². The summed E-state index contributed by atoms with van der Waals surface area (Å²) in [5.74, 6) is 0.720. The van der Waals surface area contributed by atoms with Gasteiger partial charge in [0.2, 0.25) is 5.91 Å². The van der Waals surface area contributed by atoms with Crippen LogP contribution in [0.15, 0.2) is 77.9 Å². The number of benzene rings is 2. The van der Waals surface area contributed by atoms with Gasteiger partial charge >= 0.3 is 0 Å². The number of hydrogen-bond donors (Lipinski definition) is 1. The van der Waals surface area contributed by atoms with Crippen LogP contribution in [0.2, 0.25) is 0 Å². The molecular weight excluding hydrogens is 394 g/mol. The van der Waals surface area contributed by atoms with Crippen molar-refractivity contribution in [3.05, 3.63) is 83.4 Å². The van der Waals surface area contributed by atoms with E-state index in [1.165, 1.54) is 11.3 Å². The number of thiazole rings is 1. The molecule has 0 fully saturated rings. The minimum Gasteiger partial charge on any atom is -0.347 e. The first-order chi connectivity index (χ1) is 14.6. The molecule has 152 valence electrons. The lowest BCUT2D eigenvalue weighted by Gasteiger charge is -2.27. The van der Waals surface area contributed by atoms with Gasteiger partial charge in [0.05, 0.1) is 11.7 Å². The number of amides is 1. The molecule has 2 aromatic heterocycles. The van der Waals surface area contributed by atoms with Crippen molar-refractivity contribution in [3.63, 3.8) is 0 Å². The standard InChI is InChI=1S/C23H23N5OS/c1-27-14-19(13-25-27)18-9-6-10-20(12-18)26-23(29)21(11-17-7-4-3-5-8-17)28(2)22-15-30-16-24-22/h3-10,12-16,21H,11H2,1-2H3,(H,26,29)/t21-/m0/s1. The smallest absolute Gasteiger partial charge is 0.247 e. The van der Waals surface area contributed by atoms with Crippen molar-refractivity contribution in [3.8, 4) is 11.1 Å². The van der Waals surface area contributed by atoms with Gasteiger partial charge in [-0.15, -0.1) is 11.3 Å². The van der Waals surface area contributed by atoms with Crippen LogP contribution >= 0.6 is 11.3 Å². The molecule has 1 N–H and O–H groups in total. The lowest BCUT2D eigenvalue weighted by molar-refractivity contribution is -0.117. The summed E-state index contributed by atoms with van der Waals surface area (Å²) >= 11 is 1.52. The summed E-state index contributed by atoms with van der Waals surface area (Å²) in [4.78, 5) is 19.6. The molecule has 0 saturated heterocycles. The van der Waals surface area contributed by atoms with Crippen molar-refractivity contribution in [2.45, 2.75) is 12.5 Å². The molecule has 0 bridgehead atoms. The molecule has 2 aromatic carbocycles. The average Bonchev–Trinajstić information content (AvgIpc) is 3.44. The first kappa shape index (κ1) is 19.8. The van der Waals surface area contributed by atoms with Gasteiger partial charge in [-0.2, -0.15) is 5.10 Å². The van der Waals surface area contributed by atoms with Gasteiger partial charge in [0, 0.05) is 43.3 Å². The highest BCUT2D eigenvalue weighted by Gasteiger charge is 2.25. The number of anilines is 2. The summed E-state index contributed by atoms with van der Waals surface area (Å²) < 4.78 is 1.76. The van der Waals surface area contributed by atoms with Gasteiger partial charge in [-0.3, -0.25) is 9.48 Å². The Kier molecular flexibility index (Phi) is 5.90. The fourth-order valence-corrected chi connectivity index (χ4v) is 3.93. The number of aromatic nitrogens is 3. The number of hydrogen-bond acceptors (Lipinski definition) is 5. The molecule has 7 heteroatoms. The van der Waals surface area contributed by atoms with Gasteiger partial charge < -0.3 is 10.2 Å². The van der Waals surface area contributed by atoms with Gasteiger partial charge in [-0.05, 0) is 23.3 Å². The minimum absolute atomic E-state index is 0.0716. The quantitative estimate of drug-likeness (QED) is 0.489. The molecule has 1 amide bonds. The third-order valence-corrected chi connectivity index (χ3v) is 5.57. The Morgan fingerprint density at radius 3 is 2.70 bits per heavy atom. The molecule has 2 heterocycles. The van der Waals surface area contributed by atoms with Crippen molar-refractivity contribution in [1.29, 1.82) is 0 Å². The van der Waals surface area contributed by atoms with Crippen LogP contribution in [0.4, 0.5) is 11.5 Å². The van der Waals surface area contributed by atoms with Gasteiger partial charge in [-0.1, -0.05) is 42.5 Å². The van der Waals surface area contributed by atoms with E-state index in [-0.39, 0.29) is 5.91 Å². The Hall–Kier alpha value is -3.45. The highest BCUT2D eigenvalue weighted by molar-refractivity contribution is 7.07. The molecule has 30 heavy (non-hydrogen) atoms. The van der Waals surface area contributed by atoms with Crippen LogP contribution in [-0.4, -0.2) is 33.8 Å². The molecule has 0 unspecified atom stereocenters. The summed E-state index contributed by atoms with van der Waals surface area (Å²) in [5.41, 5.74) is 5.65. The molecule has 4 aromatic rings. The monoisotopic (exact) mass is 417 g/mol. The average molecular weight is 418 g/mol. The number of nitrogens with zero attached hydrogens (tertiary/aromatic N) is 4. The largest absolute Gasteiger partial charge is 0.347 e. The zero-order valence-electron chi connectivity index (χ0n) is 16.9. The van der Waals surface area contributed by atoms with Crippen LogP contribution < -0.4 is 10.2 Å². The van der Waals surface area contributed by atoms with Crippen LogP contribution in [-0.2, 0) is 18.3 Å². The normalized spacial score (nSPS) is 11.8. The van der Waals surface area contributed by atoms with Crippen LogP contribution in [0.5, 0.6) is 0 Å². The molecule has 0 spiro atoms. The van der Waals surface area contributed by atoms with Crippen molar-refractivity contribution in [2.24, 2.45) is 7.05 Å². The number of carbonyl (C=O) groups excluding carboxylic acids is 1. The highest BCUT2D eigenvalue weighted by Crippen LogP contribution is 2.23. The summed E-state index contributed by atoms with van der Waals surface area (Å²) in [6, 6.07) is 17.5. The van der Waals surface area contributed by atoms with Crippen LogP contribution in [0.1, 0.15) is 5.56 Å². The molecule has 1 atom stereocenters. The highest BCUT2D eigenvalue weighted by atomic mass is 32.1. The predicted octanol–water partition coefficient (Wildman–Crippen LogP) is 4.23. The van der Waals surface area contributed by atoms with E-state index in [4.69, 9.17) is 0 Å². The van der Waals surface area contributed by atoms with E-state index in [0.717, 1.165) is 28.2 Å². The van der Waals surface area contributed by atoms with E-state index in [0.29, 0.717) is 6.42 Å². The molecule has 0 aliphatic rings. The fourth-order valence-electron chi connectivity index (χ4n) is 3.36. The van der Waals surface area contributed by atoms with Gasteiger partial charge in [-0.25, -0.2) is 4.98 Å². The Morgan fingerprint density at radius 1 is 1.17 bits per heavy atom. The maximum atomic E-state index is 13.3. The van der Waals surface area contributed by atoms with Crippen LogP contribution in [0.3, 0.4) is 0 Å². The van der Waals surface area contributed by atoms with Crippen molar-refractivity contribution >= 4 is 28.7 Å². The minimum atomic E-state index is -0.392. The fraction of sp³-hybridized carbons (Fsp3) is 0.174. The second-order valence-electron chi connectivity index (χ2n) is 7.14. The van der Waals surface area contributed by atoms with E-state index in [2.05, 4.69) is 15.4 Å². The zero-order chi connectivity index (χ0) is 20.9. The van der Waals surface area contributed by atoms with Gasteiger partial charge in [0.1, 0.15) is 11.9 Å². The maximum absolute atomic E-state index is 13.3. The molecule has 0 saturated carbocycles. The Balaban J connectivity index is 1.57. The lowest BCUT2D eigenvalue weighted by atomic mass is 10.0. The van der Waals surface area contributed by atoms with E-state index in [1.807, 2.05) is 91.4 Å². The number of nitrogens with one attached hydrogen (secondary N) is 1. The summed E-state index contributed by atoms with van der Waals surface area (Å²) in [6.07, 6.45) is 4.35. The Bertz CT molecular complexity index is 1110. The topological polar surface area (TPSA) is 63.1 Å². The number of likely N-dealkylation sites (N-methyl/N-ethyl adjacent to an activating group) is 1. The first-order valence-corrected chi connectivity index (χ1v) is 10.6. The van der Waals surface area contributed by atoms with E-state index >= 15 is 0 Å².